The molecule has 2 rings (SSSR count). The summed E-state index contributed by atoms with van der Waals surface area (Å²) in [5, 5.41) is 3.28. The molecule has 0 saturated heterocycles. The molecule has 3 nitrogen and oxygen atoms in total. The SMILES string of the molecule is CCNC(Cc1ccoc1)c1ccccc1OC(F)F. The summed E-state index contributed by atoms with van der Waals surface area (Å²) < 4.78 is 34.6. The van der Waals surface area contributed by atoms with E-state index in [1.165, 1.54) is 0 Å². The Labute approximate surface area is 116 Å². The lowest BCUT2D eigenvalue weighted by atomic mass is 9.99. The fraction of sp³-hybridized carbons (Fsp3) is 0.333. The lowest BCUT2D eigenvalue weighted by molar-refractivity contribution is -0.0507. The van der Waals surface area contributed by atoms with Gasteiger partial charge in [0.25, 0.3) is 0 Å². The molecule has 0 aliphatic carbocycles. The van der Waals surface area contributed by atoms with Crippen LogP contribution in [0.4, 0.5) is 8.78 Å². The zero-order valence-electron chi connectivity index (χ0n) is 11.2. The van der Waals surface area contributed by atoms with Crippen molar-refractivity contribution in [3.05, 3.63) is 54.0 Å². The Morgan fingerprint density at radius 2 is 2.05 bits per heavy atom. The summed E-state index contributed by atoms with van der Waals surface area (Å²) in [6, 6.07) is 8.61. The highest BCUT2D eigenvalue weighted by Gasteiger charge is 2.18. The summed E-state index contributed by atoms with van der Waals surface area (Å²) in [7, 11) is 0. The van der Waals surface area contributed by atoms with E-state index in [-0.39, 0.29) is 11.8 Å². The van der Waals surface area contributed by atoms with Crippen LogP contribution in [0.3, 0.4) is 0 Å². The first kappa shape index (κ1) is 14.5. The number of alkyl halides is 2. The minimum atomic E-state index is -2.83. The number of nitrogens with one attached hydrogen (secondary N) is 1. The summed E-state index contributed by atoms with van der Waals surface area (Å²) >= 11 is 0. The standard InChI is InChI=1S/C15H17F2NO2/c1-2-18-13(9-11-7-8-19-10-11)12-5-3-4-6-14(12)20-15(16)17/h3-8,10,13,15,18H,2,9H2,1H3. The normalized spacial score (nSPS) is 12.6. The van der Waals surface area contributed by atoms with Gasteiger partial charge in [0.15, 0.2) is 0 Å². The maximum atomic E-state index is 12.5. The molecule has 0 amide bonds. The van der Waals surface area contributed by atoms with Crippen molar-refractivity contribution in [3.8, 4) is 5.75 Å². The predicted octanol–water partition coefficient (Wildman–Crippen LogP) is 3.77. The molecule has 1 atom stereocenters. The molecular formula is C15H17F2NO2. The van der Waals surface area contributed by atoms with Crippen molar-refractivity contribution in [2.75, 3.05) is 6.54 Å². The van der Waals surface area contributed by atoms with Crippen LogP contribution in [0.2, 0.25) is 0 Å². The van der Waals surface area contributed by atoms with E-state index < -0.39 is 6.61 Å². The number of likely N-dealkylation sites (N-methyl/N-ethyl adjacent to an activating group) is 1. The number of para-hydroxylation sites is 1. The van der Waals surface area contributed by atoms with Crippen molar-refractivity contribution in [3.63, 3.8) is 0 Å². The molecule has 0 spiro atoms. The van der Waals surface area contributed by atoms with E-state index in [1.807, 2.05) is 19.1 Å². The summed E-state index contributed by atoms with van der Waals surface area (Å²) in [5.74, 6) is 0.206. The van der Waals surface area contributed by atoms with E-state index in [0.717, 1.165) is 17.7 Å². The highest BCUT2D eigenvalue weighted by atomic mass is 19.3. The van der Waals surface area contributed by atoms with Crippen LogP contribution in [0.1, 0.15) is 24.1 Å². The van der Waals surface area contributed by atoms with Crippen molar-refractivity contribution in [2.45, 2.75) is 26.0 Å². The Balaban J connectivity index is 2.24. The van der Waals surface area contributed by atoms with Gasteiger partial charge in [0, 0.05) is 11.6 Å². The van der Waals surface area contributed by atoms with Crippen LogP contribution in [-0.4, -0.2) is 13.2 Å². The Morgan fingerprint density at radius 1 is 1.25 bits per heavy atom. The van der Waals surface area contributed by atoms with E-state index in [9.17, 15) is 8.78 Å². The predicted molar refractivity (Wildman–Crippen MR) is 71.9 cm³/mol. The molecule has 20 heavy (non-hydrogen) atoms. The number of furan rings is 1. The smallest absolute Gasteiger partial charge is 0.387 e. The van der Waals surface area contributed by atoms with Gasteiger partial charge in [0.1, 0.15) is 5.75 Å². The largest absolute Gasteiger partial charge is 0.472 e. The van der Waals surface area contributed by atoms with Crippen LogP contribution in [0.15, 0.2) is 47.3 Å². The topological polar surface area (TPSA) is 34.4 Å². The first-order valence-electron chi connectivity index (χ1n) is 6.49. The molecule has 0 bridgehead atoms. The fourth-order valence-corrected chi connectivity index (χ4v) is 2.15. The molecule has 0 aliphatic heterocycles. The average molecular weight is 281 g/mol. The third kappa shape index (κ3) is 3.81. The second-order valence-corrected chi connectivity index (χ2v) is 4.36. The zero-order valence-corrected chi connectivity index (χ0v) is 11.2. The molecule has 5 heteroatoms. The Bertz CT molecular complexity index is 514. The van der Waals surface area contributed by atoms with Crippen LogP contribution in [-0.2, 0) is 6.42 Å². The Hall–Kier alpha value is -1.88. The Morgan fingerprint density at radius 3 is 2.70 bits per heavy atom. The third-order valence-electron chi connectivity index (χ3n) is 2.98. The number of hydrogen-bond donors (Lipinski definition) is 1. The van der Waals surface area contributed by atoms with Gasteiger partial charge in [-0.05, 0) is 30.7 Å². The van der Waals surface area contributed by atoms with Gasteiger partial charge < -0.3 is 14.5 Å². The Kier molecular flexibility index (Phi) is 5.12. The van der Waals surface area contributed by atoms with Crippen molar-refractivity contribution in [1.29, 1.82) is 0 Å². The van der Waals surface area contributed by atoms with Gasteiger partial charge in [-0.25, -0.2) is 0 Å². The quantitative estimate of drug-likeness (QED) is 0.838. The van der Waals surface area contributed by atoms with E-state index in [0.29, 0.717) is 6.42 Å². The molecule has 1 aromatic heterocycles. The van der Waals surface area contributed by atoms with E-state index in [1.54, 1.807) is 30.7 Å². The molecule has 2 aromatic rings. The fourth-order valence-electron chi connectivity index (χ4n) is 2.15. The number of hydrogen-bond acceptors (Lipinski definition) is 3. The maximum Gasteiger partial charge on any atom is 0.387 e. The minimum absolute atomic E-state index is 0.104. The van der Waals surface area contributed by atoms with Gasteiger partial charge in [-0.2, -0.15) is 8.78 Å². The second kappa shape index (κ2) is 7.05. The summed E-state index contributed by atoms with van der Waals surface area (Å²) in [5.41, 5.74) is 1.72. The molecule has 1 N–H and O–H groups in total. The number of rotatable bonds is 7. The molecule has 0 radical (unpaired) electrons. The summed E-state index contributed by atoms with van der Waals surface area (Å²) in [6.07, 6.45) is 3.90. The maximum absolute atomic E-state index is 12.5. The van der Waals surface area contributed by atoms with E-state index in [2.05, 4.69) is 10.1 Å². The third-order valence-corrected chi connectivity index (χ3v) is 2.98. The van der Waals surface area contributed by atoms with Gasteiger partial charge >= 0.3 is 6.61 Å². The first-order valence-corrected chi connectivity index (χ1v) is 6.49. The van der Waals surface area contributed by atoms with Crippen LogP contribution < -0.4 is 10.1 Å². The van der Waals surface area contributed by atoms with Crippen LogP contribution in [0.25, 0.3) is 0 Å². The number of ether oxygens (including phenoxy) is 1. The first-order chi connectivity index (χ1) is 9.70. The second-order valence-electron chi connectivity index (χ2n) is 4.36. The molecule has 108 valence electrons. The van der Waals surface area contributed by atoms with E-state index >= 15 is 0 Å². The zero-order chi connectivity index (χ0) is 14.4. The lowest BCUT2D eigenvalue weighted by Crippen LogP contribution is -2.23. The van der Waals surface area contributed by atoms with Gasteiger partial charge in [0.2, 0.25) is 0 Å². The van der Waals surface area contributed by atoms with Crippen molar-refractivity contribution in [2.24, 2.45) is 0 Å². The van der Waals surface area contributed by atoms with Crippen molar-refractivity contribution in [1.82, 2.24) is 5.32 Å². The van der Waals surface area contributed by atoms with Crippen LogP contribution >= 0.6 is 0 Å². The van der Waals surface area contributed by atoms with E-state index in [4.69, 9.17) is 4.42 Å². The van der Waals surface area contributed by atoms with Crippen LogP contribution in [0.5, 0.6) is 5.75 Å². The van der Waals surface area contributed by atoms with Gasteiger partial charge in [0.05, 0.1) is 12.5 Å². The van der Waals surface area contributed by atoms with Gasteiger partial charge in [-0.1, -0.05) is 25.1 Å². The molecule has 0 fully saturated rings. The van der Waals surface area contributed by atoms with Crippen LogP contribution in [0, 0.1) is 0 Å². The summed E-state index contributed by atoms with van der Waals surface area (Å²) in [4.78, 5) is 0. The molecule has 0 aliphatic rings. The summed E-state index contributed by atoms with van der Waals surface area (Å²) in [6.45, 7) is -0.128. The number of benzene rings is 1. The van der Waals surface area contributed by atoms with Crippen molar-refractivity contribution >= 4 is 0 Å². The molecule has 1 unspecified atom stereocenters. The lowest BCUT2D eigenvalue weighted by Gasteiger charge is -2.20. The highest BCUT2D eigenvalue weighted by Crippen LogP contribution is 2.28. The molecule has 0 saturated carbocycles. The van der Waals surface area contributed by atoms with Gasteiger partial charge in [-0.15, -0.1) is 0 Å². The monoisotopic (exact) mass is 281 g/mol. The molecule has 1 heterocycles. The number of halogens is 2. The highest BCUT2D eigenvalue weighted by molar-refractivity contribution is 5.37. The minimum Gasteiger partial charge on any atom is -0.472 e. The molecular weight excluding hydrogens is 264 g/mol. The molecule has 1 aromatic carbocycles. The van der Waals surface area contributed by atoms with Crippen molar-refractivity contribution < 1.29 is 17.9 Å². The average Bonchev–Trinajstić information content (AvgIpc) is 2.91. The van der Waals surface area contributed by atoms with Gasteiger partial charge in [-0.3, -0.25) is 0 Å².